The maximum absolute atomic E-state index is 15.0. The molecule has 0 radical (unpaired) electrons. The van der Waals surface area contributed by atoms with Crippen molar-refractivity contribution in [3.8, 4) is 23.0 Å². The summed E-state index contributed by atoms with van der Waals surface area (Å²) in [4.78, 5) is 5.56. The highest BCUT2D eigenvalue weighted by Gasteiger charge is 2.38. The topological polar surface area (TPSA) is 83.8 Å². The van der Waals surface area contributed by atoms with Crippen LogP contribution < -0.4 is 13.8 Å². The minimum absolute atomic E-state index is 0.00978. The van der Waals surface area contributed by atoms with E-state index in [-0.39, 0.29) is 12.2 Å². The quantitative estimate of drug-likeness (QED) is 0.132. The van der Waals surface area contributed by atoms with Gasteiger partial charge in [-0.2, -0.15) is 0 Å². The lowest BCUT2D eigenvalue weighted by molar-refractivity contribution is 0.326. The SMILES string of the molecule is COc1cc2c(cc1O)C/C(=N/P(=O)(Oc1ccccc1)Oc1ccccc1)N(Cc1sc3ccccc3c1Cl)C2c1ccc(CN2CCCC2)cc1. The fraction of sp³-hybridized carbons (Fsp3) is 0.214. The Kier molecular flexibility index (Phi) is 10.2. The van der Waals surface area contributed by atoms with Gasteiger partial charge in [-0.15, -0.1) is 16.1 Å². The molecule has 1 aromatic heterocycles. The van der Waals surface area contributed by atoms with E-state index in [4.69, 9.17) is 30.1 Å². The van der Waals surface area contributed by atoms with Gasteiger partial charge in [0.2, 0.25) is 0 Å². The van der Waals surface area contributed by atoms with Crippen molar-refractivity contribution in [2.45, 2.75) is 38.4 Å². The minimum Gasteiger partial charge on any atom is -0.504 e. The van der Waals surface area contributed by atoms with E-state index < -0.39 is 13.8 Å². The number of methoxy groups -OCH3 is 1. The predicted molar refractivity (Wildman–Crippen MR) is 213 cm³/mol. The molecule has 0 amide bonds. The molecule has 8 rings (SSSR count). The van der Waals surface area contributed by atoms with Crippen LogP contribution >= 0.6 is 30.7 Å². The van der Waals surface area contributed by atoms with E-state index in [2.05, 4.69) is 40.1 Å². The summed E-state index contributed by atoms with van der Waals surface area (Å²) in [7, 11) is -2.72. The average molecular weight is 764 g/mol. The highest BCUT2D eigenvalue weighted by Crippen LogP contribution is 2.52. The third kappa shape index (κ3) is 7.66. The van der Waals surface area contributed by atoms with Crippen molar-refractivity contribution in [3.63, 3.8) is 0 Å². The lowest BCUT2D eigenvalue weighted by Gasteiger charge is -2.40. The number of fused-ring (bicyclic) bond motifs is 2. The molecule has 1 unspecified atom stereocenters. The summed E-state index contributed by atoms with van der Waals surface area (Å²) >= 11 is 8.74. The van der Waals surface area contributed by atoms with Gasteiger partial charge in [-0.1, -0.05) is 90.5 Å². The zero-order chi connectivity index (χ0) is 36.4. The van der Waals surface area contributed by atoms with E-state index in [0.29, 0.717) is 34.7 Å². The lowest BCUT2D eigenvalue weighted by Crippen LogP contribution is -2.40. The van der Waals surface area contributed by atoms with Gasteiger partial charge in [-0.25, -0.2) is 4.57 Å². The number of phenols is 1. The van der Waals surface area contributed by atoms with Crippen LogP contribution in [-0.4, -0.2) is 40.9 Å². The van der Waals surface area contributed by atoms with Crippen LogP contribution in [0.1, 0.15) is 46.0 Å². The molecule has 0 spiro atoms. The summed E-state index contributed by atoms with van der Waals surface area (Å²) in [6.07, 6.45) is 2.70. The average Bonchev–Trinajstić information content (AvgIpc) is 3.80. The molecule has 11 heteroatoms. The Morgan fingerprint density at radius 2 is 1.49 bits per heavy atom. The Morgan fingerprint density at radius 1 is 0.849 bits per heavy atom. The molecule has 53 heavy (non-hydrogen) atoms. The third-order valence-electron chi connectivity index (χ3n) is 9.71. The summed E-state index contributed by atoms with van der Waals surface area (Å²) < 4.78 is 39.0. The Morgan fingerprint density at radius 3 is 2.13 bits per heavy atom. The number of ether oxygens (including phenoxy) is 1. The first kappa shape index (κ1) is 35.3. The number of likely N-dealkylation sites (tertiary alicyclic amines) is 1. The number of hydrogen-bond acceptors (Lipinski definition) is 7. The van der Waals surface area contributed by atoms with E-state index in [1.165, 1.54) is 18.4 Å². The highest BCUT2D eigenvalue weighted by molar-refractivity contribution is 7.53. The molecule has 0 saturated carbocycles. The van der Waals surface area contributed by atoms with Gasteiger partial charge in [0.05, 0.1) is 24.7 Å². The monoisotopic (exact) mass is 763 g/mol. The number of nitrogens with zero attached hydrogens (tertiary/aromatic N) is 3. The van der Waals surface area contributed by atoms with Crippen molar-refractivity contribution in [1.29, 1.82) is 0 Å². The van der Waals surface area contributed by atoms with Crippen LogP contribution in [0.3, 0.4) is 0 Å². The number of rotatable bonds is 11. The van der Waals surface area contributed by atoms with Crippen molar-refractivity contribution in [2.75, 3.05) is 20.2 Å². The molecule has 1 atom stereocenters. The largest absolute Gasteiger partial charge is 0.564 e. The van der Waals surface area contributed by atoms with Gasteiger partial charge in [0.15, 0.2) is 11.5 Å². The maximum Gasteiger partial charge on any atom is 0.564 e. The van der Waals surface area contributed by atoms with Gasteiger partial charge in [0, 0.05) is 27.9 Å². The van der Waals surface area contributed by atoms with Crippen LogP contribution in [0.4, 0.5) is 0 Å². The normalized spacial score (nSPS) is 16.9. The summed E-state index contributed by atoms with van der Waals surface area (Å²) in [5.41, 5.74) is 3.99. The van der Waals surface area contributed by atoms with Crippen LogP contribution in [0.25, 0.3) is 10.1 Å². The molecular weight excluding hydrogens is 725 g/mol. The molecule has 0 bridgehead atoms. The zero-order valence-corrected chi connectivity index (χ0v) is 31.7. The summed E-state index contributed by atoms with van der Waals surface area (Å²) in [6.45, 7) is 3.48. The Balaban J connectivity index is 1.30. The smallest absolute Gasteiger partial charge is 0.504 e. The van der Waals surface area contributed by atoms with E-state index in [0.717, 1.165) is 51.3 Å². The second-order valence-corrected chi connectivity index (χ2v) is 16.3. The Hall–Kier alpha value is -4.79. The van der Waals surface area contributed by atoms with Gasteiger partial charge in [0.1, 0.15) is 17.3 Å². The number of para-hydroxylation sites is 2. The van der Waals surface area contributed by atoms with E-state index in [1.807, 2.05) is 60.7 Å². The standard InChI is InChI=1S/C42H39ClN3O5PS/c1-49-37-26-35-31(24-36(37)47)25-40(44-52(48,50-32-12-4-2-5-13-32)51-33-14-6-3-7-15-33)46(28-39-41(43)34-16-8-9-17-38(34)53-39)42(35)30-20-18-29(19-21-30)27-45-22-10-11-23-45/h2-9,12-21,24,26,42,47H,10-11,22-23,25,27-28H2,1H3/b44-40-. The van der Waals surface area contributed by atoms with Crippen LogP contribution in [0.2, 0.25) is 5.02 Å². The fourth-order valence-corrected chi connectivity index (χ4v) is 10.0. The fourth-order valence-electron chi connectivity index (χ4n) is 7.18. The first-order valence-corrected chi connectivity index (χ1v) is 20.4. The molecule has 2 aliphatic heterocycles. The molecule has 3 heterocycles. The minimum atomic E-state index is -4.27. The van der Waals surface area contributed by atoms with Gasteiger partial charge in [0.25, 0.3) is 0 Å². The predicted octanol–water partition coefficient (Wildman–Crippen LogP) is 10.7. The van der Waals surface area contributed by atoms with E-state index >= 15 is 4.57 Å². The molecule has 270 valence electrons. The Bertz CT molecular complexity index is 2250. The molecule has 6 aromatic rings. The van der Waals surface area contributed by atoms with Crippen LogP contribution in [0, 0.1) is 0 Å². The number of thiophene rings is 1. The first-order valence-electron chi connectivity index (χ1n) is 17.7. The van der Waals surface area contributed by atoms with Crippen molar-refractivity contribution in [3.05, 3.63) is 153 Å². The van der Waals surface area contributed by atoms with Crippen LogP contribution in [0.5, 0.6) is 23.0 Å². The van der Waals surface area contributed by atoms with Gasteiger partial charge in [-0.3, -0.25) is 4.90 Å². The van der Waals surface area contributed by atoms with Gasteiger partial charge < -0.3 is 23.8 Å². The van der Waals surface area contributed by atoms with Gasteiger partial charge in [-0.05, 0) is 90.6 Å². The number of halogens is 1. The second kappa shape index (κ2) is 15.3. The summed E-state index contributed by atoms with van der Waals surface area (Å²) in [6, 6.07) is 37.8. The molecule has 1 fully saturated rings. The van der Waals surface area contributed by atoms with E-state index in [1.54, 1.807) is 48.8 Å². The molecule has 5 aromatic carbocycles. The molecule has 1 saturated heterocycles. The second-order valence-electron chi connectivity index (χ2n) is 13.3. The number of benzene rings is 5. The van der Waals surface area contributed by atoms with Crippen molar-refractivity contribution in [1.82, 2.24) is 9.80 Å². The maximum atomic E-state index is 15.0. The number of hydrogen-bond donors (Lipinski definition) is 1. The Labute approximate surface area is 318 Å². The van der Waals surface area contributed by atoms with Crippen molar-refractivity contribution in [2.24, 2.45) is 4.76 Å². The van der Waals surface area contributed by atoms with Crippen molar-refractivity contribution < 1.29 is 23.5 Å². The molecule has 8 nitrogen and oxygen atoms in total. The number of aromatic hydroxyl groups is 1. The molecule has 1 N–H and O–H groups in total. The number of phenolic OH excluding ortho intramolecular Hbond substituents is 1. The third-order valence-corrected chi connectivity index (χ3v) is 12.8. The number of amidine groups is 1. The zero-order valence-electron chi connectivity index (χ0n) is 29.2. The van der Waals surface area contributed by atoms with Crippen LogP contribution in [-0.2, 0) is 24.1 Å². The molecule has 2 aliphatic rings. The van der Waals surface area contributed by atoms with Crippen LogP contribution in [0.15, 0.2) is 126 Å². The first-order chi connectivity index (χ1) is 25.9. The highest BCUT2D eigenvalue weighted by atomic mass is 35.5. The van der Waals surface area contributed by atoms with Gasteiger partial charge >= 0.3 is 7.75 Å². The van der Waals surface area contributed by atoms with E-state index in [9.17, 15) is 5.11 Å². The lowest BCUT2D eigenvalue weighted by atomic mass is 9.86. The van der Waals surface area contributed by atoms with Crippen molar-refractivity contribution >= 4 is 46.6 Å². The summed E-state index contributed by atoms with van der Waals surface area (Å²) in [5.74, 6) is 1.57. The summed E-state index contributed by atoms with van der Waals surface area (Å²) in [5, 5.41) is 12.7. The molecule has 0 aliphatic carbocycles. The molecular formula is C42H39ClN3O5PS.